The lowest BCUT2D eigenvalue weighted by Crippen LogP contribution is -2.23. The molecule has 124 valence electrons. The monoisotopic (exact) mass is 329 g/mol. The smallest absolute Gasteiger partial charge is 0.268 e. The standard InChI is InChI=1S/C21H19N3O/c1-12-5-4-7-14-16(11-23-19(12)14)13-9-10-22-21(25)20-18(13)15-6-2-3-8-17(15)24-20/h2-8,11,13,23-24H,9-10H2,1H3,(H,22,25). The lowest BCUT2D eigenvalue weighted by molar-refractivity contribution is 0.0952. The Balaban J connectivity index is 1.81. The maximum Gasteiger partial charge on any atom is 0.268 e. The summed E-state index contributed by atoms with van der Waals surface area (Å²) in [6.07, 6.45) is 3.01. The van der Waals surface area contributed by atoms with E-state index in [0.717, 1.165) is 22.9 Å². The van der Waals surface area contributed by atoms with E-state index in [2.05, 4.69) is 52.7 Å². The van der Waals surface area contributed by atoms with Crippen LogP contribution in [0.5, 0.6) is 0 Å². The lowest BCUT2D eigenvalue weighted by Gasteiger charge is -2.15. The fraction of sp³-hybridized carbons (Fsp3) is 0.190. The summed E-state index contributed by atoms with van der Waals surface area (Å²) in [5, 5.41) is 5.42. The molecule has 0 saturated heterocycles. The summed E-state index contributed by atoms with van der Waals surface area (Å²) in [7, 11) is 0. The molecule has 4 aromatic rings. The van der Waals surface area contributed by atoms with Gasteiger partial charge in [-0.1, -0.05) is 36.4 Å². The maximum absolute atomic E-state index is 12.6. The number of aromatic amines is 2. The van der Waals surface area contributed by atoms with E-state index in [1.54, 1.807) is 0 Å². The number of hydrogen-bond donors (Lipinski definition) is 3. The van der Waals surface area contributed by atoms with Gasteiger partial charge in [0.1, 0.15) is 5.69 Å². The van der Waals surface area contributed by atoms with Crippen LogP contribution in [0.4, 0.5) is 0 Å². The molecule has 4 heteroatoms. The molecular weight excluding hydrogens is 310 g/mol. The van der Waals surface area contributed by atoms with Crippen molar-refractivity contribution in [2.24, 2.45) is 0 Å². The van der Waals surface area contributed by atoms with Gasteiger partial charge in [-0.15, -0.1) is 0 Å². The number of carbonyl (C=O) groups is 1. The third-order valence-electron chi connectivity index (χ3n) is 5.37. The Labute approximate surface area is 145 Å². The molecule has 3 heterocycles. The van der Waals surface area contributed by atoms with E-state index in [0.29, 0.717) is 12.2 Å². The first-order valence-corrected chi connectivity index (χ1v) is 8.69. The summed E-state index contributed by atoms with van der Waals surface area (Å²) in [6, 6.07) is 14.6. The molecule has 2 aromatic heterocycles. The van der Waals surface area contributed by atoms with Crippen LogP contribution in [-0.4, -0.2) is 22.4 Å². The quantitative estimate of drug-likeness (QED) is 0.481. The number of rotatable bonds is 1. The number of H-pyrrole nitrogens is 2. The third kappa shape index (κ3) is 2.03. The van der Waals surface area contributed by atoms with Gasteiger partial charge in [0.05, 0.1) is 0 Å². The minimum absolute atomic E-state index is 0.00952. The third-order valence-corrected chi connectivity index (χ3v) is 5.37. The van der Waals surface area contributed by atoms with E-state index < -0.39 is 0 Å². The Bertz CT molecular complexity index is 1120. The molecule has 1 unspecified atom stereocenters. The highest BCUT2D eigenvalue weighted by Gasteiger charge is 2.29. The Kier molecular flexibility index (Phi) is 3.01. The van der Waals surface area contributed by atoms with Crippen LogP contribution in [0.15, 0.2) is 48.7 Å². The molecule has 3 N–H and O–H groups in total. The molecule has 0 spiro atoms. The second kappa shape index (κ2) is 5.24. The maximum atomic E-state index is 12.6. The number of nitrogens with one attached hydrogen (secondary N) is 3. The van der Waals surface area contributed by atoms with Crippen LogP contribution in [0.2, 0.25) is 0 Å². The van der Waals surface area contributed by atoms with Gasteiger partial charge in [0.15, 0.2) is 0 Å². The van der Waals surface area contributed by atoms with Gasteiger partial charge in [0, 0.05) is 40.5 Å². The van der Waals surface area contributed by atoms with Crippen LogP contribution < -0.4 is 5.32 Å². The second-order valence-corrected chi connectivity index (χ2v) is 6.80. The van der Waals surface area contributed by atoms with Gasteiger partial charge in [-0.05, 0) is 36.1 Å². The molecule has 25 heavy (non-hydrogen) atoms. The molecule has 5 rings (SSSR count). The van der Waals surface area contributed by atoms with Gasteiger partial charge in [0.25, 0.3) is 5.91 Å². The first-order valence-electron chi connectivity index (χ1n) is 8.69. The highest BCUT2D eigenvalue weighted by atomic mass is 16.1. The molecule has 2 aromatic carbocycles. The van der Waals surface area contributed by atoms with Gasteiger partial charge in [-0.2, -0.15) is 0 Å². The Morgan fingerprint density at radius 3 is 2.80 bits per heavy atom. The van der Waals surface area contributed by atoms with E-state index in [4.69, 9.17) is 0 Å². The number of para-hydroxylation sites is 2. The van der Waals surface area contributed by atoms with E-state index in [1.807, 2.05) is 18.2 Å². The van der Waals surface area contributed by atoms with E-state index >= 15 is 0 Å². The van der Waals surface area contributed by atoms with E-state index in [9.17, 15) is 4.79 Å². The van der Waals surface area contributed by atoms with Crippen molar-refractivity contribution in [3.8, 4) is 0 Å². The van der Waals surface area contributed by atoms with Crippen molar-refractivity contribution in [3.05, 3.63) is 71.0 Å². The normalized spacial score (nSPS) is 17.5. The van der Waals surface area contributed by atoms with Crippen molar-refractivity contribution >= 4 is 27.7 Å². The first-order chi connectivity index (χ1) is 12.2. The van der Waals surface area contributed by atoms with Crippen LogP contribution in [0, 0.1) is 6.92 Å². The van der Waals surface area contributed by atoms with Crippen molar-refractivity contribution < 1.29 is 4.79 Å². The Hall–Kier alpha value is -3.01. The van der Waals surface area contributed by atoms with Crippen molar-refractivity contribution in [1.82, 2.24) is 15.3 Å². The van der Waals surface area contributed by atoms with Crippen molar-refractivity contribution in [3.63, 3.8) is 0 Å². The van der Waals surface area contributed by atoms with Gasteiger partial charge < -0.3 is 15.3 Å². The molecule has 1 aliphatic rings. The van der Waals surface area contributed by atoms with Gasteiger partial charge in [-0.25, -0.2) is 0 Å². The zero-order chi connectivity index (χ0) is 17.0. The fourth-order valence-electron chi connectivity index (χ4n) is 4.19. The number of amides is 1. The lowest BCUT2D eigenvalue weighted by atomic mass is 9.87. The van der Waals surface area contributed by atoms with Gasteiger partial charge in [0.2, 0.25) is 0 Å². The van der Waals surface area contributed by atoms with Crippen molar-refractivity contribution in [2.75, 3.05) is 6.54 Å². The average Bonchev–Trinajstić information content (AvgIpc) is 3.18. The van der Waals surface area contributed by atoms with Crippen LogP contribution in [0.25, 0.3) is 21.8 Å². The van der Waals surface area contributed by atoms with Crippen molar-refractivity contribution in [1.29, 1.82) is 0 Å². The van der Waals surface area contributed by atoms with Crippen LogP contribution in [0.1, 0.15) is 39.5 Å². The zero-order valence-corrected chi connectivity index (χ0v) is 14.0. The summed E-state index contributed by atoms with van der Waals surface area (Å²) in [6.45, 7) is 2.80. The van der Waals surface area contributed by atoms with Crippen LogP contribution in [0.3, 0.4) is 0 Å². The highest BCUT2D eigenvalue weighted by molar-refractivity contribution is 6.02. The summed E-state index contributed by atoms with van der Waals surface area (Å²) in [4.78, 5) is 19.3. The highest BCUT2D eigenvalue weighted by Crippen LogP contribution is 2.40. The Morgan fingerprint density at radius 1 is 1.04 bits per heavy atom. The number of benzene rings is 2. The SMILES string of the molecule is Cc1cccc2c(C3CCNC(=O)c4[nH]c5ccccc5c43)c[nH]c12. The minimum atomic E-state index is -0.00952. The second-order valence-electron chi connectivity index (χ2n) is 6.80. The molecule has 1 atom stereocenters. The number of carbonyl (C=O) groups excluding carboxylic acids is 1. The van der Waals surface area contributed by atoms with Gasteiger partial charge in [-0.3, -0.25) is 4.79 Å². The topological polar surface area (TPSA) is 60.7 Å². The predicted molar refractivity (Wildman–Crippen MR) is 100 cm³/mol. The number of aromatic nitrogens is 2. The minimum Gasteiger partial charge on any atom is -0.361 e. The predicted octanol–water partition coefficient (Wildman–Crippen LogP) is 4.22. The molecule has 0 saturated carbocycles. The molecular formula is C21H19N3O. The number of hydrogen-bond acceptors (Lipinski definition) is 1. The molecule has 1 aliphatic heterocycles. The van der Waals surface area contributed by atoms with E-state index in [1.165, 1.54) is 22.0 Å². The molecule has 0 fully saturated rings. The molecule has 1 amide bonds. The molecule has 0 radical (unpaired) electrons. The molecule has 4 nitrogen and oxygen atoms in total. The summed E-state index contributed by atoms with van der Waals surface area (Å²) in [5.74, 6) is 0.172. The first kappa shape index (κ1) is 14.3. The molecule has 0 aliphatic carbocycles. The average molecular weight is 329 g/mol. The summed E-state index contributed by atoms with van der Waals surface area (Å²) >= 11 is 0. The number of aryl methyl sites for hydroxylation is 1. The summed E-state index contributed by atoms with van der Waals surface area (Å²) < 4.78 is 0. The molecule has 0 bridgehead atoms. The largest absolute Gasteiger partial charge is 0.361 e. The van der Waals surface area contributed by atoms with E-state index in [-0.39, 0.29) is 11.8 Å². The fourth-order valence-corrected chi connectivity index (χ4v) is 4.19. The van der Waals surface area contributed by atoms with Gasteiger partial charge >= 0.3 is 0 Å². The van der Waals surface area contributed by atoms with Crippen LogP contribution >= 0.6 is 0 Å². The zero-order valence-electron chi connectivity index (χ0n) is 14.0. The van der Waals surface area contributed by atoms with Crippen molar-refractivity contribution in [2.45, 2.75) is 19.3 Å². The Morgan fingerprint density at radius 2 is 1.88 bits per heavy atom. The number of fused-ring (bicyclic) bond motifs is 4. The summed E-state index contributed by atoms with van der Waals surface area (Å²) in [5.41, 5.74) is 6.53. The van der Waals surface area contributed by atoms with Crippen LogP contribution in [-0.2, 0) is 0 Å².